The molecule has 2 aromatic heterocycles. The first kappa shape index (κ1) is 33.6. The number of para-hydroxylation sites is 2. The molecule has 0 amide bonds. The first-order valence-electron chi connectivity index (χ1n) is 17.7. The van der Waals surface area contributed by atoms with Crippen molar-refractivity contribution in [3.8, 4) is 34.5 Å². The lowest BCUT2D eigenvalue weighted by atomic mass is 9.99. The zero-order chi connectivity index (χ0) is 36.4. The van der Waals surface area contributed by atoms with E-state index in [1.807, 2.05) is 82.2 Å². The largest absolute Gasteiger partial charge is 0.496 e. The number of ether oxygens (including phenoxy) is 6. The van der Waals surface area contributed by atoms with E-state index in [0.29, 0.717) is 62.4 Å². The molecular formula is C38H38N10O6. The number of tetrazole rings is 2. The lowest BCUT2D eigenvalue weighted by Crippen LogP contribution is -2.50. The predicted molar refractivity (Wildman–Crippen MR) is 192 cm³/mol. The van der Waals surface area contributed by atoms with Crippen molar-refractivity contribution in [2.45, 2.75) is 25.2 Å². The molecule has 3 aliphatic rings. The van der Waals surface area contributed by atoms with Crippen LogP contribution in [0, 0.1) is 0 Å². The summed E-state index contributed by atoms with van der Waals surface area (Å²) in [6, 6.07) is 27.3. The Kier molecular flexibility index (Phi) is 9.10. The minimum atomic E-state index is -0.298. The molecule has 9 rings (SSSR count). The Bertz CT molecular complexity index is 2100. The summed E-state index contributed by atoms with van der Waals surface area (Å²) in [6.07, 6.45) is 0. The summed E-state index contributed by atoms with van der Waals surface area (Å²) in [4.78, 5) is 4.82. The third-order valence-corrected chi connectivity index (χ3v) is 10.1. The number of aromatic nitrogens is 8. The number of fused-ring (bicyclic) bond motifs is 2. The van der Waals surface area contributed by atoms with Gasteiger partial charge in [0.25, 0.3) is 0 Å². The fourth-order valence-corrected chi connectivity index (χ4v) is 7.50. The van der Waals surface area contributed by atoms with Crippen molar-refractivity contribution in [2.24, 2.45) is 0 Å². The molecule has 1 saturated heterocycles. The van der Waals surface area contributed by atoms with Gasteiger partial charge >= 0.3 is 0 Å². The fraction of sp³-hybridized carbons (Fsp3) is 0.316. The molecule has 0 bridgehead atoms. The second kappa shape index (κ2) is 14.6. The summed E-state index contributed by atoms with van der Waals surface area (Å²) in [6.45, 7) is 4.08. The van der Waals surface area contributed by atoms with Crippen LogP contribution in [0.5, 0.6) is 34.5 Å². The standard InChI is InChI=1S/C38H38N10O6/c1-49-29-9-5-3-7-27(29)35(37-39-41-43-47(37)21-25-11-13-31-33(19-25)53-23-51-31)45-15-17-46(18-16-45)36(28-8-4-6-10-30(28)50-2)38-40-42-44-48(38)22-26-12-14-32-34(20-26)54-24-52-32/h3-14,19-20,35-36H,15-18,21-24H2,1-2H3/t35-,36-/m1/s1. The molecule has 16 nitrogen and oxygen atoms in total. The number of rotatable bonds is 12. The number of hydrogen-bond acceptors (Lipinski definition) is 14. The molecule has 2 atom stereocenters. The van der Waals surface area contributed by atoms with Gasteiger partial charge in [0.2, 0.25) is 13.6 Å². The molecule has 54 heavy (non-hydrogen) atoms. The number of methoxy groups -OCH3 is 2. The Morgan fingerprint density at radius 3 is 1.43 bits per heavy atom. The Balaban J connectivity index is 1.03. The third kappa shape index (κ3) is 6.39. The second-order valence-corrected chi connectivity index (χ2v) is 13.1. The molecule has 0 aliphatic carbocycles. The fourth-order valence-electron chi connectivity index (χ4n) is 7.50. The van der Waals surface area contributed by atoms with E-state index >= 15 is 0 Å². The lowest BCUT2D eigenvalue weighted by Gasteiger charge is -2.42. The van der Waals surface area contributed by atoms with E-state index in [-0.39, 0.29) is 25.7 Å². The first-order chi connectivity index (χ1) is 26.7. The Morgan fingerprint density at radius 2 is 0.981 bits per heavy atom. The topological polar surface area (TPSA) is 149 Å². The van der Waals surface area contributed by atoms with Crippen molar-refractivity contribution in [1.29, 1.82) is 0 Å². The summed E-state index contributed by atoms with van der Waals surface area (Å²) >= 11 is 0. The molecule has 5 heterocycles. The van der Waals surface area contributed by atoms with E-state index in [4.69, 9.17) is 28.4 Å². The van der Waals surface area contributed by atoms with Gasteiger partial charge < -0.3 is 28.4 Å². The molecule has 0 saturated carbocycles. The molecule has 0 N–H and O–H groups in total. The minimum Gasteiger partial charge on any atom is -0.496 e. The van der Waals surface area contributed by atoms with E-state index in [2.05, 4.69) is 53.0 Å². The van der Waals surface area contributed by atoms with Crippen molar-refractivity contribution in [3.05, 3.63) is 119 Å². The van der Waals surface area contributed by atoms with Crippen molar-refractivity contribution in [3.63, 3.8) is 0 Å². The van der Waals surface area contributed by atoms with E-state index in [0.717, 1.165) is 45.3 Å². The van der Waals surface area contributed by atoms with Crippen molar-refractivity contribution in [1.82, 2.24) is 50.2 Å². The van der Waals surface area contributed by atoms with Crippen molar-refractivity contribution >= 4 is 0 Å². The summed E-state index contributed by atoms with van der Waals surface area (Å²) in [5.41, 5.74) is 3.94. The molecule has 0 radical (unpaired) electrons. The lowest BCUT2D eigenvalue weighted by molar-refractivity contribution is 0.0810. The van der Waals surface area contributed by atoms with Crippen molar-refractivity contribution in [2.75, 3.05) is 54.0 Å². The van der Waals surface area contributed by atoms with Crippen LogP contribution in [0.4, 0.5) is 0 Å². The zero-order valence-electron chi connectivity index (χ0n) is 29.8. The highest BCUT2D eigenvalue weighted by Gasteiger charge is 2.37. The second-order valence-electron chi connectivity index (χ2n) is 13.1. The number of piperazine rings is 1. The van der Waals surface area contributed by atoms with Gasteiger partial charge in [-0.15, -0.1) is 10.2 Å². The van der Waals surface area contributed by atoms with Gasteiger partial charge in [0.15, 0.2) is 34.6 Å². The molecule has 16 heteroatoms. The van der Waals surface area contributed by atoms with Crippen LogP contribution >= 0.6 is 0 Å². The zero-order valence-corrected chi connectivity index (χ0v) is 29.8. The van der Waals surface area contributed by atoms with Gasteiger partial charge in [-0.25, -0.2) is 9.36 Å². The SMILES string of the molecule is COc1ccccc1[C@H](c1nnnn1Cc1ccc2c(c1)OCO2)N1CCN([C@H](c2ccccc2OC)c2nnnn2Cc2ccc3c(c2)OCO3)CC1. The minimum absolute atomic E-state index is 0.212. The van der Waals surface area contributed by atoms with Gasteiger partial charge in [-0.2, -0.15) is 0 Å². The van der Waals surface area contributed by atoms with Crippen LogP contribution in [0.2, 0.25) is 0 Å². The molecular weight excluding hydrogens is 692 g/mol. The number of nitrogens with zero attached hydrogens (tertiary/aromatic N) is 10. The molecule has 4 aromatic carbocycles. The summed E-state index contributed by atoms with van der Waals surface area (Å²) in [7, 11) is 3.38. The van der Waals surface area contributed by atoms with Gasteiger partial charge in [-0.05, 0) is 68.4 Å². The Morgan fingerprint density at radius 1 is 0.556 bits per heavy atom. The molecule has 0 spiro atoms. The van der Waals surface area contributed by atoms with Crippen LogP contribution in [0.3, 0.4) is 0 Å². The van der Waals surface area contributed by atoms with Crippen LogP contribution in [0.25, 0.3) is 0 Å². The molecule has 3 aliphatic heterocycles. The van der Waals surface area contributed by atoms with E-state index in [1.54, 1.807) is 14.2 Å². The summed E-state index contributed by atoms with van der Waals surface area (Å²) in [5.74, 6) is 5.83. The quantitative estimate of drug-likeness (QED) is 0.180. The van der Waals surface area contributed by atoms with Crippen LogP contribution in [0.1, 0.15) is 46.0 Å². The highest BCUT2D eigenvalue weighted by atomic mass is 16.7. The van der Waals surface area contributed by atoms with Crippen molar-refractivity contribution < 1.29 is 28.4 Å². The van der Waals surface area contributed by atoms with E-state index in [9.17, 15) is 0 Å². The highest BCUT2D eigenvalue weighted by molar-refractivity contribution is 5.46. The maximum absolute atomic E-state index is 5.90. The molecule has 1 fully saturated rings. The van der Waals surface area contributed by atoms with Crippen LogP contribution in [0.15, 0.2) is 84.9 Å². The van der Waals surface area contributed by atoms with E-state index < -0.39 is 0 Å². The molecule has 6 aromatic rings. The number of hydrogen-bond donors (Lipinski definition) is 0. The number of benzene rings is 4. The predicted octanol–water partition coefficient (Wildman–Crippen LogP) is 3.73. The van der Waals surface area contributed by atoms with Crippen LogP contribution in [-0.4, -0.2) is 104 Å². The first-order valence-corrected chi connectivity index (χ1v) is 17.7. The smallest absolute Gasteiger partial charge is 0.231 e. The maximum Gasteiger partial charge on any atom is 0.231 e. The Labute approximate surface area is 310 Å². The summed E-state index contributed by atoms with van der Waals surface area (Å²) in [5, 5.41) is 26.5. The average molecular weight is 731 g/mol. The highest BCUT2D eigenvalue weighted by Crippen LogP contribution is 2.39. The van der Waals surface area contributed by atoms with Gasteiger partial charge in [0, 0.05) is 37.3 Å². The van der Waals surface area contributed by atoms with Gasteiger partial charge in [-0.1, -0.05) is 48.5 Å². The molecule has 0 unspecified atom stereocenters. The molecule has 276 valence electrons. The van der Waals surface area contributed by atoms with Crippen LogP contribution in [-0.2, 0) is 13.1 Å². The average Bonchev–Trinajstić information content (AvgIpc) is 4.05. The Hall–Kier alpha value is -6.26. The third-order valence-electron chi connectivity index (χ3n) is 10.1. The van der Waals surface area contributed by atoms with Gasteiger partial charge in [0.1, 0.15) is 23.6 Å². The maximum atomic E-state index is 5.90. The van der Waals surface area contributed by atoms with E-state index in [1.165, 1.54) is 0 Å². The monoisotopic (exact) mass is 730 g/mol. The van der Waals surface area contributed by atoms with Gasteiger partial charge in [-0.3, -0.25) is 9.80 Å². The normalized spacial score (nSPS) is 16.3. The summed E-state index contributed by atoms with van der Waals surface area (Å²) < 4.78 is 37.8. The van der Waals surface area contributed by atoms with Crippen LogP contribution < -0.4 is 28.4 Å². The van der Waals surface area contributed by atoms with Gasteiger partial charge in [0.05, 0.1) is 27.3 Å².